The van der Waals surface area contributed by atoms with E-state index in [1.54, 1.807) is 7.11 Å². The number of azo groups is 1. The Morgan fingerprint density at radius 3 is 2.25 bits per heavy atom. The predicted octanol–water partition coefficient (Wildman–Crippen LogP) is 4.87. The Balaban J connectivity index is 1.24. The molecule has 0 unspecified atom stereocenters. The molecule has 1 amide bonds. The quantitative estimate of drug-likeness (QED) is 0.544. The van der Waals surface area contributed by atoms with Crippen LogP contribution in [0.15, 0.2) is 89.1 Å². The van der Waals surface area contributed by atoms with Gasteiger partial charge in [-0.1, -0.05) is 24.3 Å². The molecule has 7 nitrogen and oxygen atoms in total. The summed E-state index contributed by atoms with van der Waals surface area (Å²) in [7, 11) is 1.68. The summed E-state index contributed by atoms with van der Waals surface area (Å²) in [5.41, 5.74) is 3.44. The van der Waals surface area contributed by atoms with E-state index in [2.05, 4.69) is 31.4 Å². The summed E-state index contributed by atoms with van der Waals surface area (Å²) in [6.45, 7) is 3.80. The van der Waals surface area contributed by atoms with Crippen LogP contribution in [0.5, 0.6) is 5.75 Å². The van der Waals surface area contributed by atoms with E-state index >= 15 is 0 Å². The Bertz CT molecular complexity index is 1050. The van der Waals surface area contributed by atoms with Crippen molar-refractivity contribution < 1.29 is 9.53 Å². The van der Waals surface area contributed by atoms with E-state index in [1.807, 2.05) is 72.8 Å². The maximum atomic E-state index is 12.5. The fourth-order valence-electron chi connectivity index (χ4n) is 3.60. The number of hydrogen-bond acceptors (Lipinski definition) is 6. The molecule has 0 saturated carbocycles. The summed E-state index contributed by atoms with van der Waals surface area (Å²) < 4.78 is 5.32. The van der Waals surface area contributed by atoms with Gasteiger partial charge in [-0.2, -0.15) is 10.2 Å². The van der Waals surface area contributed by atoms with Crippen molar-refractivity contribution in [3.05, 3.63) is 78.9 Å². The largest absolute Gasteiger partial charge is 0.497 e. The number of nitrogens with one attached hydrogen (secondary N) is 1. The van der Waals surface area contributed by atoms with E-state index < -0.39 is 0 Å². The number of methoxy groups -OCH3 is 1. The molecule has 1 N–H and O–H groups in total. The summed E-state index contributed by atoms with van der Waals surface area (Å²) >= 11 is 0. The highest BCUT2D eigenvalue weighted by Gasteiger charge is 2.19. The average molecular weight is 430 g/mol. The van der Waals surface area contributed by atoms with Crippen LogP contribution >= 0.6 is 0 Å². The Hall–Kier alpha value is -3.71. The summed E-state index contributed by atoms with van der Waals surface area (Å²) in [6, 6.07) is 25.0. The molecule has 1 saturated heterocycles. The highest BCUT2D eigenvalue weighted by atomic mass is 16.5. The minimum absolute atomic E-state index is 0.0153. The zero-order valence-corrected chi connectivity index (χ0v) is 18.1. The third-order valence-electron chi connectivity index (χ3n) is 5.35. The van der Waals surface area contributed by atoms with Crippen LogP contribution in [0.3, 0.4) is 0 Å². The zero-order chi connectivity index (χ0) is 22.2. The standard InChI is InChI=1S/C25H27N5O2/c1-32-24-9-5-8-23(18-24)30-16-14-29(15-17-30)19-25(31)26-20-10-12-22(13-11-20)28-27-21-6-3-2-4-7-21/h2-13,18H,14-17,19H2,1H3,(H,26,31). The molecule has 32 heavy (non-hydrogen) atoms. The molecule has 0 aromatic heterocycles. The Kier molecular flexibility index (Phi) is 7.09. The van der Waals surface area contributed by atoms with Crippen LogP contribution in [0, 0.1) is 0 Å². The highest BCUT2D eigenvalue weighted by Crippen LogP contribution is 2.22. The predicted molar refractivity (Wildman–Crippen MR) is 127 cm³/mol. The third-order valence-corrected chi connectivity index (χ3v) is 5.35. The van der Waals surface area contributed by atoms with Gasteiger partial charge in [-0.15, -0.1) is 0 Å². The number of carbonyl (C=O) groups excluding carboxylic acids is 1. The third kappa shape index (κ3) is 5.92. The summed E-state index contributed by atoms with van der Waals surface area (Å²) in [4.78, 5) is 17.0. The van der Waals surface area contributed by atoms with Gasteiger partial charge in [0.25, 0.3) is 0 Å². The minimum Gasteiger partial charge on any atom is -0.497 e. The number of nitrogens with zero attached hydrogens (tertiary/aromatic N) is 4. The van der Waals surface area contributed by atoms with Gasteiger partial charge in [0, 0.05) is 43.6 Å². The Morgan fingerprint density at radius 1 is 0.875 bits per heavy atom. The molecule has 3 aromatic rings. The summed E-state index contributed by atoms with van der Waals surface area (Å²) in [5.74, 6) is 0.843. The number of amides is 1. The second-order valence-electron chi connectivity index (χ2n) is 7.60. The summed E-state index contributed by atoms with van der Waals surface area (Å²) in [6.07, 6.45) is 0. The van der Waals surface area contributed by atoms with Gasteiger partial charge in [-0.3, -0.25) is 9.69 Å². The van der Waals surface area contributed by atoms with E-state index in [4.69, 9.17) is 4.74 Å². The van der Waals surface area contributed by atoms with Gasteiger partial charge in [-0.25, -0.2) is 0 Å². The smallest absolute Gasteiger partial charge is 0.238 e. The van der Waals surface area contributed by atoms with Crippen LogP contribution in [-0.4, -0.2) is 50.6 Å². The van der Waals surface area contributed by atoms with Crippen molar-refractivity contribution in [2.45, 2.75) is 0 Å². The number of rotatable bonds is 7. The molecule has 0 spiro atoms. The van der Waals surface area contributed by atoms with Gasteiger partial charge < -0.3 is 15.0 Å². The normalized spacial score (nSPS) is 14.5. The topological polar surface area (TPSA) is 69.5 Å². The fraction of sp³-hybridized carbons (Fsp3) is 0.240. The highest BCUT2D eigenvalue weighted by molar-refractivity contribution is 5.92. The monoisotopic (exact) mass is 429 g/mol. The molecule has 0 atom stereocenters. The maximum Gasteiger partial charge on any atom is 0.238 e. The van der Waals surface area contributed by atoms with E-state index in [9.17, 15) is 4.79 Å². The molecule has 1 aliphatic heterocycles. The Morgan fingerprint density at radius 2 is 1.56 bits per heavy atom. The zero-order valence-electron chi connectivity index (χ0n) is 18.1. The maximum absolute atomic E-state index is 12.5. The van der Waals surface area contributed by atoms with Gasteiger partial charge in [0.1, 0.15) is 5.75 Å². The van der Waals surface area contributed by atoms with E-state index in [-0.39, 0.29) is 5.91 Å². The first-order valence-corrected chi connectivity index (χ1v) is 10.7. The molecule has 1 fully saturated rings. The lowest BCUT2D eigenvalue weighted by molar-refractivity contribution is -0.117. The lowest BCUT2D eigenvalue weighted by Crippen LogP contribution is -2.48. The number of ether oxygens (including phenoxy) is 1. The lowest BCUT2D eigenvalue weighted by Gasteiger charge is -2.35. The fourth-order valence-corrected chi connectivity index (χ4v) is 3.60. The van der Waals surface area contributed by atoms with Crippen LogP contribution in [0.25, 0.3) is 0 Å². The van der Waals surface area contributed by atoms with E-state index in [1.165, 1.54) is 0 Å². The number of carbonyl (C=O) groups is 1. The first kappa shape index (κ1) is 21.5. The molecule has 0 radical (unpaired) electrons. The first-order chi connectivity index (χ1) is 15.7. The Labute approximate surface area is 188 Å². The molecular weight excluding hydrogens is 402 g/mol. The van der Waals surface area contributed by atoms with Crippen LogP contribution in [0.1, 0.15) is 0 Å². The van der Waals surface area contributed by atoms with Crippen molar-refractivity contribution in [1.29, 1.82) is 0 Å². The molecule has 0 aliphatic carbocycles. The number of benzene rings is 3. The molecule has 3 aromatic carbocycles. The molecule has 0 bridgehead atoms. The van der Waals surface area contributed by atoms with Gasteiger partial charge in [0.15, 0.2) is 0 Å². The molecule has 1 aliphatic rings. The van der Waals surface area contributed by atoms with Crippen molar-refractivity contribution in [2.75, 3.05) is 50.1 Å². The molecule has 1 heterocycles. The molecule has 4 rings (SSSR count). The second kappa shape index (κ2) is 10.5. The average Bonchev–Trinajstić information content (AvgIpc) is 2.85. The van der Waals surface area contributed by atoms with Crippen molar-refractivity contribution in [3.63, 3.8) is 0 Å². The molecular formula is C25H27N5O2. The van der Waals surface area contributed by atoms with Crippen molar-refractivity contribution in [3.8, 4) is 5.75 Å². The van der Waals surface area contributed by atoms with Crippen molar-refractivity contribution in [1.82, 2.24) is 4.90 Å². The van der Waals surface area contributed by atoms with Gasteiger partial charge in [0.05, 0.1) is 25.0 Å². The summed E-state index contributed by atoms with van der Waals surface area (Å²) in [5, 5.41) is 11.4. The van der Waals surface area contributed by atoms with Gasteiger partial charge in [-0.05, 0) is 48.5 Å². The van der Waals surface area contributed by atoms with Crippen molar-refractivity contribution in [2.24, 2.45) is 10.2 Å². The second-order valence-corrected chi connectivity index (χ2v) is 7.60. The van der Waals surface area contributed by atoms with Crippen LogP contribution in [-0.2, 0) is 4.79 Å². The van der Waals surface area contributed by atoms with Crippen LogP contribution in [0.2, 0.25) is 0 Å². The van der Waals surface area contributed by atoms with E-state index in [0.717, 1.165) is 54.7 Å². The lowest BCUT2D eigenvalue weighted by atomic mass is 10.2. The number of hydrogen-bond donors (Lipinski definition) is 1. The molecule has 164 valence electrons. The number of anilines is 2. The van der Waals surface area contributed by atoms with Gasteiger partial charge >= 0.3 is 0 Å². The number of piperazine rings is 1. The van der Waals surface area contributed by atoms with Crippen molar-refractivity contribution >= 4 is 28.7 Å². The SMILES string of the molecule is COc1cccc(N2CCN(CC(=O)Nc3ccc(N=Nc4ccccc4)cc3)CC2)c1. The van der Waals surface area contributed by atoms with Gasteiger partial charge in [0.2, 0.25) is 5.91 Å². The molecule has 7 heteroatoms. The van der Waals surface area contributed by atoms with Crippen LogP contribution < -0.4 is 15.0 Å². The first-order valence-electron chi connectivity index (χ1n) is 10.7. The minimum atomic E-state index is -0.0153. The van der Waals surface area contributed by atoms with Crippen LogP contribution in [0.4, 0.5) is 22.7 Å². The van der Waals surface area contributed by atoms with E-state index in [0.29, 0.717) is 6.54 Å².